The first-order valence-corrected chi connectivity index (χ1v) is 12.2. The second-order valence-electron chi connectivity index (χ2n) is 11.1. The fourth-order valence-corrected chi connectivity index (χ4v) is 4.39. The summed E-state index contributed by atoms with van der Waals surface area (Å²) in [5.41, 5.74) is 10.4. The summed E-state index contributed by atoms with van der Waals surface area (Å²) in [5.74, 6) is 0. The van der Waals surface area contributed by atoms with E-state index in [1.54, 1.807) is 0 Å². The Morgan fingerprint density at radius 2 is 0.618 bits per heavy atom. The number of hydrogen-bond acceptors (Lipinski definition) is 0. The van der Waals surface area contributed by atoms with E-state index >= 15 is 0 Å². The van der Waals surface area contributed by atoms with Crippen molar-refractivity contribution in [3.05, 3.63) is 143 Å². The van der Waals surface area contributed by atoms with Crippen molar-refractivity contribution in [1.29, 1.82) is 0 Å². The van der Waals surface area contributed by atoms with Crippen LogP contribution in [0.15, 0.2) is 109 Å². The first-order valence-electron chi connectivity index (χ1n) is 12.2. The zero-order valence-corrected chi connectivity index (χ0v) is 21.4. The van der Waals surface area contributed by atoms with Crippen molar-refractivity contribution in [2.45, 2.75) is 52.4 Å². The molecule has 0 heteroatoms. The van der Waals surface area contributed by atoms with Crippen molar-refractivity contribution in [3.63, 3.8) is 0 Å². The Kier molecular flexibility index (Phi) is 6.62. The summed E-state index contributed by atoms with van der Waals surface area (Å²) in [5, 5.41) is 0. The average Bonchev–Trinajstić information content (AvgIpc) is 2.83. The molecule has 0 amide bonds. The predicted octanol–water partition coefficient (Wildman–Crippen LogP) is 9.29. The lowest BCUT2D eigenvalue weighted by Gasteiger charge is -2.22. The van der Waals surface area contributed by atoms with Crippen LogP contribution in [0, 0.1) is 0 Å². The van der Waals surface area contributed by atoms with E-state index in [0.29, 0.717) is 0 Å². The van der Waals surface area contributed by atoms with Crippen LogP contribution in [0.4, 0.5) is 0 Å². The molecule has 34 heavy (non-hydrogen) atoms. The second-order valence-corrected chi connectivity index (χ2v) is 11.1. The van der Waals surface area contributed by atoms with Gasteiger partial charge in [0.05, 0.1) is 0 Å². The lowest BCUT2D eigenvalue weighted by Crippen LogP contribution is -2.11. The Morgan fingerprint density at radius 1 is 0.353 bits per heavy atom. The van der Waals surface area contributed by atoms with E-state index in [2.05, 4.69) is 151 Å². The normalized spacial score (nSPS) is 12.9. The lowest BCUT2D eigenvalue weighted by atomic mass is 9.82. The van der Waals surface area contributed by atoms with Gasteiger partial charge in [0.1, 0.15) is 0 Å². The van der Waals surface area contributed by atoms with Crippen LogP contribution in [0.25, 0.3) is 11.1 Å². The van der Waals surface area contributed by atoms with Gasteiger partial charge in [-0.2, -0.15) is 0 Å². The minimum Gasteiger partial charge on any atom is -0.0622 e. The van der Waals surface area contributed by atoms with Gasteiger partial charge in [0.15, 0.2) is 0 Å². The molecule has 0 aliphatic carbocycles. The fraction of sp³-hybridized carbons (Fsp3) is 0.235. The van der Waals surface area contributed by atoms with Crippen molar-refractivity contribution < 1.29 is 0 Å². The minimum absolute atomic E-state index is 0.125. The highest BCUT2D eigenvalue weighted by molar-refractivity contribution is 6.04. The number of rotatable bonds is 4. The SMILES string of the molecule is CC(C)(C)c1ccc(/C(=C(/c2ccccc2)c2ccc(C(C)(C)C)cc2)c2ccccc2)cc1. The molecule has 0 heterocycles. The van der Waals surface area contributed by atoms with E-state index in [1.807, 2.05) is 0 Å². The molecule has 0 bridgehead atoms. The Morgan fingerprint density at radius 3 is 0.882 bits per heavy atom. The summed E-state index contributed by atoms with van der Waals surface area (Å²) in [6.45, 7) is 13.6. The van der Waals surface area contributed by atoms with Crippen LogP contribution in [0.3, 0.4) is 0 Å². The monoisotopic (exact) mass is 444 g/mol. The third-order valence-electron chi connectivity index (χ3n) is 6.45. The van der Waals surface area contributed by atoms with E-state index in [-0.39, 0.29) is 10.8 Å². The van der Waals surface area contributed by atoms with Crippen molar-refractivity contribution in [2.24, 2.45) is 0 Å². The summed E-state index contributed by atoms with van der Waals surface area (Å²) < 4.78 is 0. The Hall–Kier alpha value is -3.38. The molecular weight excluding hydrogens is 408 g/mol. The van der Waals surface area contributed by atoms with Gasteiger partial charge < -0.3 is 0 Å². The van der Waals surface area contributed by atoms with Gasteiger partial charge in [-0.3, -0.25) is 0 Å². The third-order valence-corrected chi connectivity index (χ3v) is 6.45. The van der Waals surface area contributed by atoms with E-state index in [1.165, 1.54) is 44.5 Å². The lowest BCUT2D eigenvalue weighted by molar-refractivity contribution is 0.590. The van der Waals surface area contributed by atoms with Crippen molar-refractivity contribution in [3.8, 4) is 0 Å². The van der Waals surface area contributed by atoms with Gasteiger partial charge in [-0.1, -0.05) is 151 Å². The standard InChI is InChI=1S/C34H36/c1-33(2,3)29-21-17-27(18-22-29)31(25-13-9-7-10-14-25)32(26-15-11-8-12-16-26)28-19-23-30(24-20-28)34(4,5)6/h7-24H,1-6H3/b32-31-. The highest BCUT2D eigenvalue weighted by Crippen LogP contribution is 2.38. The molecule has 0 radical (unpaired) electrons. The highest BCUT2D eigenvalue weighted by atomic mass is 14.2. The first kappa shape index (κ1) is 23.8. The maximum Gasteiger partial charge on any atom is -0.00268 e. The summed E-state index contributed by atoms with van der Waals surface area (Å²) in [6, 6.07) is 39.9. The predicted molar refractivity (Wildman–Crippen MR) is 148 cm³/mol. The molecule has 0 N–H and O–H groups in total. The van der Waals surface area contributed by atoms with Gasteiger partial charge >= 0.3 is 0 Å². The molecule has 0 aliphatic rings. The van der Waals surface area contributed by atoms with Crippen LogP contribution in [0.1, 0.15) is 74.9 Å². The molecule has 0 aromatic heterocycles. The second kappa shape index (κ2) is 9.47. The van der Waals surface area contributed by atoms with Gasteiger partial charge in [-0.05, 0) is 55.4 Å². The molecule has 4 rings (SSSR count). The molecule has 0 unspecified atom stereocenters. The van der Waals surface area contributed by atoms with E-state index in [9.17, 15) is 0 Å². The van der Waals surface area contributed by atoms with Gasteiger partial charge in [0, 0.05) is 0 Å². The van der Waals surface area contributed by atoms with Gasteiger partial charge in [0.2, 0.25) is 0 Å². The largest absolute Gasteiger partial charge is 0.0622 e. The van der Waals surface area contributed by atoms with Gasteiger partial charge in [-0.25, -0.2) is 0 Å². The minimum atomic E-state index is 0.125. The molecule has 4 aromatic carbocycles. The summed E-state index contributed by atoms with van der Waals surface area (Å²) in [4.78, 5) is 0. The molecule has 0 saturated heterocycles. The van der Waals surface area contributed by atoms with Crippen LogP contribution >= 0.6 is 0 Å². The molecule has 0 nitrogen and oxygen atoms in total. The number of benzene rings is 4. The number of hydrogen-bond donors (Lipinski definition) is 0. The third kappa shape index (κ3) is 5.23. The zero-order valence-electron chi connectivity index (χ0n) is 21.4. The molecule has 0 saturated carbocycles. The Bertz CT molecular complexity index is 1140. The maximum absolute atomic E-state index is 2.29. The molecular formula is C34H36. The molecule has 0 aliphatic heterocycles. The Balaban J connectivity index is 2.01. The van der Waals surface area contributed by atoms with Crippen LogP contribution in [0.2, 0.25) is 0 Å². The van der Waals surface area contributed by atoms with E-state index < -0.39 is 0 Å². The molecule has 4 aromatic rings. The summed E-state index contributed by atoms with van der Waals surface area (Å²) in [7, 11) is 0. The average molecular weight is 445 g/mol. The highest BCUT2D eigenvalue weighted by Gasteiger charge is 2.19. The first-order chi connectivity index (χ1) is 16.1. The Labute approximate surface area is 206 Å². The van der Waals surface area contributed by atoms with E-state index in [4.69, 9.17) is 0 Å². The van der Waals surface area contributed by atoms with Crippen molar-refractivity contribution in [2.75, 3.05) is 0 Å². The van der Waals surface area contributed by atoms with Gasteiger partial charge in [-0.15, -0.1) is 0 Å². The molecule has 0 atom stereocenters. The van der Waals surface area contributed by atoms with E-state index in [0.717, 1.165) is 0 Å². The van der Waals surface area contributed by atoms with Crippen LogP contribution in [-0.4, -0.2) is 0 Å². The van der Waals surface area contributed by atoms with Crippen LogP contribution in [0.5, 0.6) is 0 Å². The van der Waals surface area contributed by atoms with Crippen molar-refractivity contribution in [1.82, 2.24) is 0 Å². The quantitative estimate of drug-likeness (QED) is 0.275. The molecule has 172 valence electrons. The summed E-state index contributed by atoms with van der Waals surface area (Å²) in [6.07, 6.45) is 0. The van der Waals surface area contributed by atoms with Crippen LogP contribution in [-0.2, 0) is 10.8 Å². The smallest absolute Gasteiger partial charge is 0.00268 e. The molecule has 0 spiro atoms. The van der Waals surface area contributed by atoms with Crippen molar-refractivity contribution >= 4 is 11.1 Å². The van der Waals surface area contributed by atoms with Crippen LogP contribution < -0.4 is 0 Å². The topological polar surface area (TPSA) is 0 Å². The zero-order chi connectivity index (χ0) is 24.3. The maximum atomic E-state index is 2.29. The van der Waals surface area contributed by atoms with Gasteiger partial charge in [0.25, 0.3) is 0 Å². The summed E-state index contributed by atoms with van der Waals surface area (Å²) >= 11 is 0. The molecule has 0 fully saturated rings. The fourth-order valence-electron chi connectivity index (χ4n) is 4.39.